The number of Topliss-reactive ketones (excluding diaryl/α,β-unsaturated/α-hetero) is 1. The third-order valence-electron chi connectivity index (χ3n) is 3.41. The first kappa shape index (κ1) is 14.4. The third-order valence-corrected chi connectivity index (χ3v) is 3.41. The van der Waals surface area contributed by atoms with Gasteiger partial charge in [-0.25, -0.2) is 4.79 Å². The summed E-state index contributed by atoms with van der Waals surface area (Å²) in [7, 11) is 0. The van der Waals surface area contributed by atoms with Crippen LogP contribution in [-0.4, -0.2) is 22.8 Å². The summed E-state index contributed by atoms with van der Waals surface area (Å²) >= 11 is 0. The van der Waals surface area contributed by atoms with Crippen molar-refractivity contribution in [3.8, 4) is 0 Å². The number of hydrogen-bond acceptors (Lipinski definition) is 4. The molecule has 0 radical (unpaired) electrons. The van der Waals surface area contributed by atoms with Crippen molar-refractivity contribution in [1.82, 2.24) is 4.98 Å². The zero-order valence-electron chi connectivity index (χ0n) is 11.7. The van der Waals surface area contributed by atoms with E-state index in [0.717, 1.165) is 25.7 Å². The van der Waals surface area contributed by atoms with E-state index in [0.29, 0.717) is 5.69 Å². The van der Waals surface area contributed by atoms with E-state index in [1.165, 1.54) is 19.4 Å². The largest absolute Gasteiger partial charge is 0.459 e. The minimum absolute atomic E-state index is 0.0530. The lowest BCUT2D eigenvalue weighted by atomic mass is 9.97. The van der Waals surface area contributed by atoms with E-state index in [1.807, 2.05) is 6.07 Å². The van der Waals surface area contributed by atoms with Gasteiger partial charge >= 0.3 is 5.97 Å². The van der Waals surface area contributed by atoms with Crippen LogP contribution < -0.4 is 0 Å². The van der Waals surface area contributed by atoms with Crippen molar-refractivity contribution in [3.05, 3.63) is 35.7 Å². The van der Waals surface area contributed by atoms with Crippen LogP contribution in [0, 0.1) is 0 Å². The Balaban J connectivity index is 2.10. The van der Waals surface area contributed by atoms with Crippen LogP contribution in [0.5, 0.6) is 0 Å². The Labute approximate surface area is 118 Å². The summed E-state index contributed by atoms with van der Waals surface area (Å²) in [6, 6.07) is 5.34. The van der Waals surface area contributed by atoms with E-state index >= 15 is 0 Å². The second kappa shape index (κ2) is 6.98. The predicted molar refractivity (Wildman–Crippen MR) is 75.9 cm³/mol. The highest BCUT2D eigenvalue weighted by Crippen LogP contribution is 2.21. The molecule has 0 N–H and O–H groups in total. The molecule has 0 atom stereocenters. The lowest BCUT2D eigenvalue weighted by Gasteiger charge is -2.22. The fourth-order valence-electron chi connectivity index (χ4n) is 2.31. The molecule has 1 aromatic rings. The van der Waals surface area contributed by atoms with Crippen molar-refractivity contribution >= 4 is 17.8 Å². The molecular weight excluding hydrogens is 254 g/mol. The number of ether oxygens (including phenoxy) is 1. The Morgan fingerprint density at radius 1 is 1.25 bits per heavy atom. The molecule has 0 spiro atoms. The van der Waals surface area contributed by atoms with Gasteiger partial charge in [0.25, 0.3) is 0 Å². The summed E-state index contributed by atoms with van der Waals surface area (Å²) in [6.45, 7) is 1.37. The summed E-state index contributed by atoms with van der Waals surface area (Å²) in [4.78, 5) is 27.8. The standard InChI is InChI=1S/C16H19NO3/c1-12(18)15(11-13-7-5-6-10-17-13)16(19)20-14-8-3-2-4-9-14/h5-7,10-11,14H,2-4,8-9H2,1H3. The first-order valence-electron chi connectivity index (χ1n) is 7.01. The topological polar surface area (TPSA) is 56.3 Å². The highest BCUT2D eigenvalue weighted by molar-refractivity contribution is 6.19. The maximum atomic E-state index is 12.1. The average molecular weight is 273 g/mol. The molecule has 0 bridgehead atoms. The number of aromatic nitrogens is 1. The molecule has 2 rings (SSSR count). The molecule has 1 aromatic heterocycles. The first-order chi connectivity index (χ1) is 9.66. The molecule has 1 aliphatic rings. The van der Waals surface area contributed by atoms with Crippen LogP contribution in [0.4, 0.5) is 0 Å². The number of rotatable bonds is 4. The number of nitrogens with zero attached hydrogens (tertiary/aromatic N) is 1. The molecule has 1 fully saturated rings. The van der Waals surface area contributed by atoms with Gasteiger partial charge in [-0.1, -0.05) is 12.5 Å². The lowest BCUT2D eigenvalue weighted by molar-refractivity contribution is -0.146. The highest BCUT2D eigenvalue weighted by atomic mass is 16.5. The number of carbonyl (C=O) groups is 2. The van der Waals surface area contributed by atoms with Crippen LogP contribution in [0.15, 0.2) is 30.0 Å². The molecule has 106 valence electrons. The lowest BCUT2D eigenvalue weighted by Crippen LogP contribution is -2.23. The van der Waals surface area contributed by atoms with Crippen LogP contribution in [-0.2, 0) is 14.3 Å². The summed E-state index contributed by atoms with van der Waals surface area (Å²) in [5.41, 5.74) is 0.646. The number of ketones is 1. The number of pyridine rings is 1. The minimum Gasteiger partial charge on any atom is -0.459 e. The molecule has 1 heterocycles. The van der Waals surface area contributed by atoms with Gasteiger partial charge in [-0.3, -0.25) is 9.78 Å². The van der Waals surface area contributed by atoms with Crippen molar-refractivity contribution in [2.45, 2.75) is 45.1 Å². The van der Waals surface area contributed by atoms with E-state index in [1.54, 1.807) is 18.3 Å². The van der Waals surface area contributed by atoms with Crippen molar-refractivity contribution in [1.29, 1.82) is 0 Å². The maximum Gasteiger partial charge on any atom is 0.342 e. The van der Waals surface area contributed by atoms with Gasteiger partial charge in [0.1, 0.15) is 11.7 Å². The smallest absolute Gasteiger partial charge is 0.342 e. The molecule has 4 heteroatoms. The van der Waals surface area contributed by atoms with E-state index in [-0.39, 0.29) is 17.5 Å². The Hall–Kier alpha value is -1.97. The average Bonchev–Trinajstić information content (AvgIpc) is 2.46. The van der Waals surface area contributed by atoms with Gasteiger partial charge in [0.15, 0.2) is 5.78 Å². The highest BCUT2D eigenvalue weighted by Gasteiger charge is 2.22. The minimum atomic E-state index is -0.532. The first-order valence-corrected chi connectivity index (χ1v) is 7.01. The molecule has 0 aromatic carbocycles. The van der Waals surface area contributed by atoms with Gasteiger partial charge in [-0.05, 0) is 50.8 Å². The summed E-state index contributed by atoms with van der Waals surface area (Å²) in [6.07, 6.45) is 8.19. The van der Waals surface area contributed by atoms with Gasteiger partial charge in [0.2, 0.25) is 0 Å². The molecule has 0 unspecified atom stereocenters. The second-order valence-electron chi connectivity index (χ2n) is 5.03. The van der Waals surface area contributed by atoms with Crippen molar-refractivity contribution in [2.75, 3.05) is 0 Å². The molecule has 1 saturated carbocycles. The van der Waals surface area contributed by atoms with Gasteiger partial charge in [-0.2, -0.15) is 0 Å². The molecule has 0 amide bonds. The SMILES string of the molecule is CC(=O)C(=Cc1ccccn1)C(=O)OC1CCCCC1. The van der Waals surface area contributed by atoms with Crippen LogP contribution in [0.1, 0.15) is 44.7 Å². The quantitative estimate of drug-likeness (QED) is 0.366. The second-order valence-corrected chi connectivity index (χ2v) is 5.03. The Kier molecular flexibility index (Phi) is 5.04. The third kappa shape index (κ3) is 4.02. The van der Waals surface area contributed by atoms with Gasteiger partial charge in [-0.15, -0.1) is 0 Å². The molecule has 0 aliphatic heterocycles. The summed E-state index contributed by atoms with van der Waals surface area (Å²) in [5, 5.41) is 0. The van der Waals surface area contributed by atoms with E-state index < -0.39 is 5.97 Å². The Morgan fingerprint density at radius 3 is 2.60 bits per heavy atom. The van der Waals surface area contributed by atoms with Crippen molar-refractivity contribution in [3.63, 3.8) is 0 Å². The fraction of sp³-hybridized carbons (Fsp3) is 0.438. The van der Waals surface area contributed by atoms with Gasteiger partial charge in [0.05, 0.1) is 5.69 Å². The molecular formula is C16H19NO3. The van der Waals surface area contributed by atoms with Crippen LogP contribution >= 0.6 is 0 Å². The van der Waals surface area contributed by atoms with Gasteiger partial charge < -0.3 is 4.74 Å². The Morgan fingerprint density at radius 2 is 2.00 bits per heavy atom. The van der Waals surface area contributed by atoms with Crippen LogP contribution in [0.2, 0.25) is 0 Å². The van der Waals surface area contributed by atoms with E-state index in [2.05, 4.69) is 4.98 Å². The van der Waals surface area contributed by atoms with Crippen LogP contribution in [0.3, 0.4) is 0 Å². The number of carbonyl (C=O) groups excluding carboxylic acids is 2. The molecule has 4 nitrogen and oxygen atoms in total. The summed E-state index contributed by atoms with van der Waals surface area (Å²) < 4.78 is 5.43. The molecule has 20 heavy (non-hydrogen) atoms. The van der Waals surface area contributed by atoms with E-state index in [9.17, 15) is 9.59 Å². The van der Waals surface area contributed by atoms with E-state index in [4.69, 9.17) is 4.74 Å². The number of esters is 1. The summed E-state index contributed by atoms with van der Waals surface area (Å²) in [5.74, 6) is -0.827. The van der Waals surface area contributed by atoms with Crippen molar-refractivity contribution in [2.24, 2.45) is 0 Å². The normalized spacial score (nSPS) is 16.8. The maximum absolute atomic E-state index is 12.1. The Bertz CT molecular complexity index is 502. The van der Waals surface area contributed by atoms with Crippen molar-refractivity contribution < 1.29 is 14.3 Å². The fourth-order valence-corrected chi connectivity index (χ4v) is 2.31. The predicted octanol–water partition coefficient (Wildman–Crippen LogP) is 2.93. The zero-order chi connectivity index (χ0) is 14.4. The molecule has 1 aliphatic carbocycles. The zero-order valence-corrected chi connectivity index (χ0v) is 11.7. The monoisotopic (exact) mass is 273 g/mol. The molecule has 0 saturated heterocycles. The van der Waals surface area contributed by atoms with Crippen LogP contribution in [0.25, 0.3) is 6.08 Å². The number of hydrogen-bond donors (Lipinski definition) is 0. The van der Waals surface area contributed by atoms with Gasteiger partial charge in [0, 0.05) is 6.20 Å².